The lowest BCUT2D eigenvalue weighted by Crippen LogP contribution is -2.73. The summed E-state index contributed by atoms with van der Waals surface area (Å²) in [4.78, 5) is 0. The molecule has 0 aliphatic rings. The lowest BCUT2D eigenvalue weighted by atomic mass is 9.78. The van der Waals surface area contributed by atoms with Crippen molar-refractivity contribution >= 4 is 0 Å². The number of unbranched alkanes of at least 4 members (excludes halogenated alkanes) is 2. The molecule has 0 nitrogen and oxygen atoms in total. The van der Waals surface area contributed by atoms with E-state index in [1.54, 1.807) is 0 Å². The van der Waals surface area contributed by atoms with E-state index in [4.69, 9.17) is 0 Å². The third-order valence-electron chi connectivity index (χ3n) is 8.99. The number of hydrogen-bond donors (Lipinski definition) is 0. The Bertz CT molecular complexity index is 1140. The normalized spacial score (nSPS) is 18.7. The van der Waals surface area contributed by atoms with Crippen molar-refractivity contribution in [2.45, 2.75) is 175 Å². The zero-order valence-corrected chi connectivity index (χ0v) is 28.7. The van der Waals surface area contributed by atoms with Gasteiger partial charge < -0.3 is 0 Å². The minimum absolute atomic E-state index is 0.361. The molecule has 0 aromatic heterocycles. The van der Waals surface area contributed by atoms with Crippen molar-refractivity contribution in [2.24, 2.45) is 5.92 Å². The summed E-state index contributed by atoms with van der Waals surface area (Å²) in [5, 5.41) is 0. The van der Waals surface area contributed by atoms with E-state index in [1.165, 1.54) is 0 Å². The van der Waals surface area contributed by atoms with Gasteiger partial charge in [-0.15, -0.1) is 0 Å². The standard InChI is InChI=1S/C29H35F25/c1-15(11-7-9-13-17(4,31)22(39,40)27(49,50)24(43,44)18(5,32)23(41,42)19(6,33)34)12-8-10-14-20(35,36)25(45,46)28(51,52)29(53,54)26(47,48)21(37,38)16(2,3)30/h15H,7-14H2,1-6H3. The number of rotatable bonds is 22. The van der Waals surface area contributed by atoms with Gasteiger partial charge in [-0.05, 0) is 46.5 Å². The van der Waals surface area contributed by atoms with Gasteiger partial charge in [0.15, 0.2) is 11.3 Å². The van der Waals surface area contributed by atoms with E-state index in [9.17, 15) is 110 Å². The molecule has 0 aliphatic carbocycles. The van der Waals surface area contributed by atoms with Gasteiger partial charge in [-0.3, -0.25) is 0 Å². The minimum atomic E-state index is -7.99. The van der Waals surface area contributed by atoms with Crippen LogP contribution in [-0.4, -0.2) is 82.2 Å². The van der Waals surface area contributed by atoms with Gasteiger partial charge in [0.2, 0.25) is 5.67 Å². The molecule has 0 saturated carbocycles. The Morgan fingerprint density at radius 1 is 0.333 bits per heavy atom. The molecule has 0 bridgehead atoms. The summed E-state index contributed by atoms with van der Waals surface area (Å²) in [7, 11) is 0. The SMILES string of the molecule is CC(CCCCC(C)(F)C(F)(F)C(F)(F)C(F)(F)C(C)(F)C(F)(F)C(C)(F)F)CCCCC(F)(F)C(F)(F)C(F)(F)C(F)(F)C(F)(F)C(F)(F)C(C)(C)F. The molecule has 0 heterocycles. The molecule has 3 unspecified atom stereocenters. The molecule has 0 amide bonds. The van der Waals surface area contributed by atoms with Crippen LogP contribution in [0.2, 0.25) is 0 Å². The predicted octanol–water partition coefficient (Wildman–Crippen LogP) is 14.0. The lowest BCUT2D eigenvalue weighted by molar-refractivity contribution is -0.433. The fraction of sp³-hybridized carbons (Fsp3) is 1.00. The maximum absolute atomic E-state index is 14.8. The Hall–Kier alpha value is -1.75. The van der Waals surface area contributed by atoms with Gasteiger partial charge in [-0.2, -0.15) is 87.8 Å². The first kappa shape index (κ1) is 52.2. The Balaban J connectivity index is 5.57. The Morgan fingerprint density at radius 2 is 0.648 bits per heavy atom. The van der Waals surface area contributed by atoms with Crippen LogP contribution in [0.5, 0.6) is 0 Å². The fourth-order valence-electron chi connectivity index (χ4n) is 4.87. The summed E-state index contributed by atoms with van der Waals surface area (Å²) in [6.07, 6.45) is -8.68. The van der Waals surface area contributed by atoms with E-state index >= 15 is 0 Å². The van der Waals surface area contributed by atoms with Crippen LogP contribution in [0, 0.1) is 5.92 Å². The molecular formula is C29H35F25. The first-order chi connectivity index (χ1) is 23.1. The highest BCUT2D eigenvalue weighted by molar-refractivity contribution is 5.17. The molecule has 3 atom stereocenters. The van der Waals surface area contributed by atoms with E-state index in [-0.39, 0.29) is 6.42 Å². The van der Waals surface area contributed by atoms with Gasteiger partial charge in [0.25, 0.3) is 0 Å². The van der Waals surface area contributed by atoms with Crippen LogP contribution in [0.25, 0.3) is 0 Å². The fourth-order valence-corrected chi connectivity index (χ4v) is 4.87. The van der Waals surface area contributed by atoms with E-state index < -0.39 is 168 Å². The lowest BCUT2D eigenvalue weighted by Gasteiger charge is -2.45. The van der Waals surface area contributed by atoms with Gasteiger partial charge in [0.1, 0.15) is 0 Å². The molecule has 0 aromatic rings. The molecular weight excluding hydrogens is 823 g/mol. The Labute approximate surface area is 291 Å². The zero-order valence-electron chi connectivity index (χ0n) is 28.7. The highest BCUT2D eigenvalue weighted by Crippen LogP contribution is 2.64. The summed E-state index contributed by atoms with van der Waals surface area (Å²) in [6.45, 7) is -2.45. The van der Waals surface area contributed by atoms with Crippen molar-refractivity contribution in [3.05, 3.63) is 0 Å². The highest BCUT2D eigenvalue weighted by Gasteiger charge is 2.92. The van der Waals surface area contributed by atoms with Crippen LogP contribution in [0.15, 0.2) is 0 Å². The molecule has 0 fully saturated rings. The van der Waals surface area contributed by atoms with Crippen molar-refractivity contribution in [2.75, 3.05) is 0 Å². The van der Waals surface area contributed by atoms with Crippen molar-refractivity contribution in [3.8, 4) is 0 Å². The molecule has 0 aromatic carbocycles. The molecule has 25 heteroatoms. The number of halogens is 25. The van der Waals surface area contributed by atoms with Crippen LogP contribution in [0.1, 0.15) is 92.9 Å². The van der Waals surface area contributed by atoms with Crippen molar-refractivity contribution < 1.29 is 110 Å². The molecule has 0 rings (SSSR count). The summed E-state index contributed by atoms with van der Waals surface area (Å²) in [6, 6.07) is 0. The Morgan fingerprint density at radius 3 is 1.00 bits per heavy atom. The maximum atomic E-state index is 14.8. The van der Waals surface area contributed by atoms with E-state index in [0.29, 0.717) is 0 Å². The topological polar surface area (TPSA) is 0 Å². The summed E-state index contributed by atoms with van der Waals surface area (Å²) in [5.74, 6) is -79.1. The van der Waals surface area contributed by atoms with Crippen molar-refractivity contribution in [1.29, 1.82) is 0 Å². The first-order valence-corrected chi connectivity index (χ1v) is 15.3. The van der Waals surface area contributed by atoms with Crippen LogP contribution >= 0.6 is 0 Å². The van der Waals surface area contributed by atoms with Crippen LogP contribution in [-0.2, 0) is 0 Å². The second-order valence-corrected chi connectivity index (χ2v) is 14.0. The second-order valence-electron chi connectivity index (χ2n) is 14.0. The monoisotopic (exact) mass is 858 g/mol. The molecule has 0 aliphatic heterocycles. The number of hydrogen-bond acceptors (Lipinski definition) is 0. The van der Waals surface area contributed by atoms with E-state index in [0.717, 1.165) is 6.92 Å². The van der Waals surface area contributed by atoms with Crippen molar-refractivity contribution in [3.63, 3.8) is 0 Å². The number of alkyl halides is 25. The molecule has 326 valence electrons. The summed E-state index contributed by atoms with van der Waals surface area (Å²) >= 11 is 0. The zero-order chi connectivity index (χ0) is 44.2. The van der Waals surface area contributed by atoms with E-state index in [2.05, 4.69) is 0 Å². The predicted molar refractivity (Wildman–Crippen MR) is 140 cm³/mol. The third-order valence-corrected chi connectivity index (χ3v) is 8.99. The molecule has 54 heavy (non-hydrogen) atoms. The van der Waals surface area contributed by atoms with Gasteiger partial charge in [-0.25, -0.2) is 22.0 Å². The van der Waals surface area contributed by atoms with Crippen molar-refractivity contribution in [1.82, 2.24) is 0 Å². The Kier molecular flexibility index (Phi) is 14.4. The van der Waals surface area contributed by atoms with Crippen LogP contribution in [0.3, 0.4) is 0 Å². The molecule has 0 radical (unpaired) electrons. The van der Waals surface area contributed by atoms with E-state index in [1.807, 2.05) is 0 Å². The molecule has 0 N–H and O–H groups in total. The summed E-state index contributed by atoms with van der Waals surface area (Å²) < 4.78 is 349. The molecule has 0 saturated heterocycles. The second kappa shape index (κ2) is 14.9. The quantitative estimate of drug-likeness (QED) is 0.0752. The average Bonchev–Trinajstić information content (AvgIpc) is 2.95. The highest BCUT2D eigenvalue weighted by atomic mass is 19.4. The first-order valence-electron chi connectivity index (χ1n) is 15.3. The van der Waals surface area contributed by atoms with Gasteiger partial charge in [0.05, 0.1) is 0 Å². The summed E-state index contributed by atoms with van der Waals surface area (Å²) in [5.41, 5.74) is -16.0. The van der Waals surface area contributed by atoms with Crippen LogP contribution in [0.4, 0.5) is 110 Å². The smallest absolute Gasteiger partial charge is 0.238 e. The van der Waals surface area contributed by atoms with Gasteiger partial charge in [0, 0.05) is 13.3 Å². The molecule has 0 spiro atoms. The average molecular weight is 859 g/mol. The van der Waals surface area contributed by atoms with Gasteiger partial charge in [-0.1, -0.05) is 39.0 Å². The third kappa shape index (κ3) is 8.16. The van der Waals surface area contributed by atoms with Gasteiger partial charge >= 0.3 is 65.1 Å². The van der Waals surface area contributed by atoms with Crippen LogP contribution < -0.4 is 0 Å². The largest absolute Gasteiger partial charge is 0.384 e. The minimum Gasteiger partial charge on any atom is -0.238 e. The maximum Gasteiger partial charge on any atom is 0.384 e.